The van der Waals surface area contributed by atoms with E-state index in [1.165, 1.54) is 24.3 Å². The van der Waals surface area contributed by atoms with Crippen molar-refractivity contribution in [1.29, 1.82) is 0 Å². The van der Waals surface area contributed by atoms with E-state index in [9.17, 15) is 14.7 Å². The Bertz CT molecular complexity index is 1180. The molecule has 1 heterocycles. The van der Waals surface area contributed by atoms with Gasteiger partial charge < -0.3 is 14.8 Å². The monoisotopic (exact) mass is 437 g/mol. The average molecular weight is 438 g/mol. The molecule has 0 bridgehead atoms. The summed E-state index contributed by atoms with van der Waals surface area (Å²) in [4.78, 5) is 25.1. The third-order valence-corrected chi connectivity index (χ3v) is 5.27. The molecule has 0 saturated heterocycles. The Hall–Kier alpha value is -3.58. The van der Waals surface area contributed by atoms with Crippen molar-refractivity contribution in [2.24, 2.45) is 5.10 Å². The van der Waals surface area contributed by atoms with Gasteiger partial charge in [0.15, 0.2) is 5.76 Å². The van der Waals surface area contributed by atoms with Crippen LogP contribution >= 0.6 is 11.6 Å². The van der Waals surface area contributed by atoms with Crippen molar-refractivity contribution in [1.82, 2.24) is 5.43 Å². The second-order valence-electron chi connectivity index (χ2n) is 7.22. The molecule has 1 aliphatic carbocycles. The number of rotatable bonds is 4. The summed E-state index contributed by atoms with van der Waals surface area (Å²) in [6, 6.07) is 12.8. The smallest absolute Gasteiger partial charge is 0.291 e. The molecule has 4 rings (SSSR count). The molecule has 0 aliphatic heterocycles. The summed E-state index contributed by atoms with van der Waals surface area (Å²) in [5.74, 6) is 0.209. The van der Waals surface area contributed by atoms with Crippen LogP contribution in [0.15, 0.2) is 58.0 Å². The fourth-order valence-electron chi connectivity index (χ4n) is 3.55. The number of hydrogen-bond acceptors (Lipinski definition) is 5. The Morgan fingerprint density at radius 1 is 1.10 bits per heavy atom. The van der Waals surface area contributed by atoms with Crippen molar-refractivity contribution in [3.05, 3.63) is 81.8 Å². The van der Waals surface area contributed by atoms with Crippen LogP contribution in [0.5, 0.6) is 5.75 Å². The summed E-state index contributed by atoms with van der Waals surface area (Å²) in [7, 11) is 0. The number of anilines is 1. The van der Waals surface area contributed by atoms with Crippen LogP contribution in [0.25, 0.3) is 0 Å². The average Bonchev–Trinajstić information content (AvgIpc) is 3.10. The van der Waals surface area contributed by atoms with Crippen LogP contribution in [0.4, 0.5) is 5.69 Å². The van der Waals surface area contributed by atoms with E-state index in [-0.39, 0.29) is 23.3 Å². The first kappa shape index (κ1) is 20.7. The van der Waals surface area contributed by atoms with E-state index in [0.29, 0.717) is 46.2 Å². The summed E-state index contributed by atoms with van der Waals surface area (Å²) in [5, 5.41) is 17.0. The van der Waals surface area contributed by atoms with Gasteiger partial charge in [-0.05, 0) is 62.2 Å². The number of halogens is 1. The molecule has 1 aliphatic rings. The van der Waals surface area contributed by atoms with E-state index in [1.54, 1.807) is 31.2 Å². The lowest BCUT2D eigenvalue weighted by molar-refractivity contribution is 0.0953. The number of fused-ring (bicyclic) bond motifs is 1. The lowest BCUT2D eigenvalue weighted by Crippen LogP contribution is -2.22. The molecule has 7 nitrogen and oxygen atoms in total. The highest BCUT2D eigenvalue weighted by Crippen LogP contribution is 2.30. The van der Waals surface area contributed by atoms with E-state index in [2.05, 4.69) is 15.8 Å². The number of nitrogens with zero attached hydrogens (tertiary/aromatic N) is 1. The predicted molar refractivity (Wildman–Crippen MR) is 118 cm³/mol. The van der Waals surface area contributed by atoms with Crippen molar-refractivity contribution in [3.63, 3.8) is 0 Å². The molecule has 0 fully saturated rings. The second kappa shape index (κ2) is 8.65. The van der Waals surface area contributed by atoms with Crippen LogP contribution in [0.1, 0.15) is 50.6 Å². The Kier molecular flexibility index (Phi) is 5.77. The molecule has 2 aromatic carbocycles. The molecule has 8 heteroatoms. The molecule has 1 aromatic heterocycles. The Balaban J connectivity index is 1.56. The van der Waals surface area contributed by atoms with Crippen LogP contribution < -0.4 is 10.7 Å². The van der Waals surface area contributed by atoms with Gasteiger partial charge in [0.2, 0.25) is 0 Å². The molecule has 158 valence electrons. The minimum absolute atomic E-state index is 0.0809. The summed E-state index contributed by atoms with van der Waals surface area (Å²) in [5.41, 5.74) is 5.59. The van der Waals surface area contributed by atoms with Crippen molar-refractivity contribution in [3.8, 4) is 5.75 Å². The fourth-order valence-corrected chi connectivity index (χ4v) is 3.74. The number of phenols is 1. The van der Waals surface area contributed by atoms with Gasteiger partial charge in [-0.25, -0.2) is 5.43 Å². The number of carbonyl (C=O) groups is 2. The van der Waals surface area contributed by atoms with Gasteiger partial charge in [0, 0.05) is 33.8 Å². The first-order valence-corrected chi connectivity index (χ1v) is 10.2. The third-order valence-electron chi connectivity index (χ3n) is 5.04. The van der Waals surface area contributed by atoms with Crippen LogP contribution in [0.2, 0.25) is 5.02 Å². The van der Waals surface area contributed by atoms with E-state index < -0.39 is 0 Å². The lowest BCUT2D eigenvalue weighted by atomic mass is 9.93. The highest BCUT2D eigenvalue weighted by molar-refractivity contribution is 6.31. The molecule has 2 amide bonds. The van der Waals surface area contributed by atoms with Crippen LogP contribution in [-0.4, -0.2) is 22.6 Å². The van der Waals surface area contributed by atoms with Gasteiger partial charge >= 0.3 is 0 Å². The van der Waals surface area contributed by atoms with Gasteiger partial charge in [-0.1, -0.05) is 17.7 Å². The predicted octanol–water partition coefficient (Wildman–Crippen LogP) is 4.67. The van der Waals surface area contributed by atoms with E-state index in [1.807, 2.05) is 0 Å². The van der Waals surface area contributed by atoms with E-state index in [4.69, 9.17) is 16.0 Å². The van der Waals surface area contributed by atoms with Gasteiger partial charge in [-0.3, -0.25) is 9.59 Å². The van der Waals surface area contributed by atoms with Crippen molar-refractivity contribution in [2.75, 3.05) is 5.32 Å². The summed E-state index contributed by atoms with van der Waals surface area (Å²) >= 11 is 5.98. The Labute approximate surface area is 183 Å². The molecule has 0 saturated carbocycles. The van der Waals surface area contributed by atoms with Crippen molar-refractivity contribution in [2.45, 2.75) is 26.2 Å². The molecular weight excluding hydrogens is 418 g/mol. The maximum absolute atomic E-state index is 12.8. The number of nitrogens with one attached hydrogen (secondary N) is 2. The number of carbonyl (C=O) groups excluding carboxylic acids is 2. The zero-order chi connectivity index (χ0) is 22.0. The molecule has 0 spiro atoms. The number of aromatic hydroxyl groups is 1. The van der Waals surface area contributed by atoms with Crippen LogP contribution in [0, 0.1) is 6.92 Å². The lowest BCUT2D eigenvalue weighted by Gasteiger charge is -2.13. The first-order valence-electron chi connectivity index (χ1n) is 9.78. The number of aryl methyl sites for hydroxylation is 1. The van der Waals surface area contributed by atoms with Gasteiger partial charge in [-0.2, -0.15) is 5.10 Å². The fraction of sp³-hybridized carbons (Fsp3) is 0.174. The summed E-state index contributed by atoms with van der Waals surface area (Å²) in [6.07, 6.45) is 2.13. The molecular formula is C23H20ClN3O4. The van der Waals surface area contributed by atoms with Crippen molar-refractivity contribution >= 4 is 34.8 Å². The third kappa shape index (κ3) is 4.46. The summed E-state index contributed by atoms with van der Waals surface area (Å²) < 4.78 is 5.87. The zero-order valence-electron chi connectivity index (χ0n) is 16.7. The summed E-state index contributed by atoms with van der Waals surface area (Å²) in [6.45, 7) is 1.80. The SMILES string of the molecule is Cc1c(C(=O)Nc2cccc(Cl)c2)oc2c1/C(=N/NC(=O)c1ccc(O)cc1)CCC2. The number of hydrogen-bond donors (Lipinski definition) is 3. The molecule has 0 radical (unpaired) electrons. The van der Waals surface area contributed by atoms with Crippen LogP contribution in [0.3, 0.4) is 0 Å². The molecule has 3 aromatic rings. The topological polar surface area (TPSA) is 104 Å². The largest absolute Gasteiger partial charge is 0.508 e. The first-order chi connectivity index (χ1) is 14.9. The van der Waals surface area contributed by atoms with Gasteiger partial charge in [0.25, 0.3) is 11.8 Å². The van der Waals surface area contributed by atoms with E-state index in [0.717, 1.165) is 12.0 Å². The maximum atomic E-state index is 12.8. The highest BCUT2D eigenvalue weighted by Gasteiger charge is 2.28. The highest BCUT2D eigenvalue weighted by atomic mass is 35.5. The number of phenolic OH excluding ortho intramolecular Hbond substituents is 1. The molecule has 0 unspecified atom stereocenters. The minimum Gasteiger partial charge on any atom is -0.508 e. The van der Waals surface area contributed by atoms with Crippen molar-refractivity contribution < 1.29 is 19.1 Å². The van der Waals surface area contributed by atoms with Gasteiger partial charge in [0.1, 0.15) is 11.5 Å². The quantitative estimate of drug-likeness (QED) is 0.516. The van der Waals surface area contributed by atoms with E-state index >= 15 is 0 Å². The van der Waals surface area contributed by atoms with Crippen LogP contribution in [-0.2, 0) is 6.42 Å². The number of furan rings is 1. The molecule has 31 heavy (non-hydrogen) atoms. The number of benzene rings is 2. The zero-order valence-corrected chi connectivity index (χ0v) is 17.5. The Morgan fingerprint density at radius 3 is 2.61 bits per heavy atom. The van der Waals surface area contributed by atoms with Gasteiger partial charge in [0.05, 0.1) is 5.71 Å². The molecule has 3 N–H and O–H groups in total. The second-order valence-corrected chi connectivity index (χ2v) is 7.66. The molecule has 0 atom stereocenters. The number of amides is 2. The van der Waals surface area contributed by atoms with Gasteiger partial charge in [-0.15, -0.1) is 0 Å². The minimum atomic E-state index is -0.389. The standard InChI is InChI=1S/C23H20ClN3O4/c1-13-20-18(26-27-22(29)14-8-10-17(28)11-9-14)6-3-7-19(20)31-21(13)23(30)25-16-5-2-4-15(24)12-16/h2,4-5,8-12,28H,3,6-7H2,1H3,(H,25,30)(H,27,29)/b26-18+. The normalized spacial score (nSPS) is 14.2. The number of hydrazone groups is 1. The maximum Gasteiger partial charge on any atom is 0.291 e. The Morgan fingerprint density at radius 2 is 1.87 bits per heavy atom.